The smallest absolute Gasteiger partial charge is 0.0654 e. The van der Waals surface area contributed by atoms with Crippen molar-refractivity contribution in [1.29, 1.82) is 0 Å². The summed E-state index contributed by atoms with van der Waals surface area (Å²) in [4.78, 5) is 14.5. The van der Waals surface area contributed by atoms with Gasteiger partial charge in [0, 0.05) is 53.7 Å². The highest BCUT2D eigenvalue weighted by atomic mass is 14.8. The number of aliphatic imine (C=N–C) groups is 1. The Hall–Kier alpha value is -3.01. The molecule has 0 atom stereocenters. The molecule has 4 heteroatoms. The van der Waals surface area contributed by atoms with Gasteiger partial charge in [0.2, 0.25) is 0 Å². The van der Waals surface area contributed by atoms with Crippen LogP contribution in [0.15, 0.2) is 71.6 Å². The molecule has 4 rings (SSSR count). The molecular formula is C19H18N4. The maximum atomic E-state index is 4.66. The second-order valence-electron chi connectivity index (χ2n) is 5.69. The predicted molar refractivity (Wildman–Crippen MR) is 93.4 cm³/mol. The van der Waals surface area contributed by atoms with Gasteiger partial charge in [0.1, 0.15) is 0 Å². The lowest BCUT2D eigenvalue weighted by molar-refractivity contribution is 1.05. The van der Waals surface area contributed by atoms with Crippen molar-refractivity contribution in [2.45, 2.75) is 12.8 Å². The number of hydrogen-bond donors (Lipinski definition) is 3. The summed E-state index contributed by atoms with van der Waals surface area (Å²) >= 11 is 0. The molecule has 0 saturated heterocycles. The molecule has 0 fully saturated rings. The van der Waals surface area contributed by atoms with Gasteiger partial charge >= 0.3 is 0 Å². The van der Waals surface area contributed by atoms with E-state index < -0.39 is 0 Å². The van der Waals surface area contributed by atoms with E-state index in [0.29, 0.717) is 0 Å². The third-order valence-electron chi connectivity index (χ3n) is 3.87. The molecular weight excluding hydrogens is 284 g/mol. The number of allylic oxidation sites excluding steroid dienone is 2. The summed E-state index contributed by atoms with van der Waals surface area (Å²) in [5.41, 5.74) is 6.73. The van der Waals surface area contributed by atoms with Gasteiger partial charge < -0.3 is 15.0 Å². The van der Waals surface area contributed by atoms with Gasteiger partial charge in [-0.15, -0.1) is 0 Å². The topological polar surface area (TPSA) is 59.7 Å². The molecule has 1 aliphatic rings. The first kappa shape index (κ1) is 13.6. The second-order valence-corrected chi connectivity index (χ2v) is 5.69. The fraction of sp³-hybridized carbons (Fsp3) is 0.105. The maximum absolute atomic E-state index is 4.66. The van der Waals surface area contributed by atoms with Crippen molar-refractivity contribution >= 4 is 11.8 Å². The van der Waals surface area contributed by atoms with E-state index in [1.54, 1.807) is 0 Å². The van der Waals surface area contributed by atoms with Gasteiger partial charge in [-0.05, 0) is 54.6 Å². The Labute approximate surface area is 134 Å². The normalized spacial score (nSPS) is 15.5. The minimum Gasteiger partial charge on any atom is -0.365 e. The van der Waals surface area contributed by atoms with Gasteiger partial charge in [0.15, 0.2) is 0 Å². The molecule has 23 heavy (non-hydrogen) atoms. The van der Waals surface area contributed by atoms with E-state index in [9.17, 15) is 0 Å². The van der Waals surface area contributed by atoms with Gasteiger partial charge in [-0.2, -0.15) is 0 Å². The Balaban J connectivity index is 1.45. The summed E-state index contributed by atoms with van der Waals surface area (Å²) < 4.78 is 0. The van der Waals surface area contributed by atoms with E-state index in [1.807, 2.05) is 24.5 Å². The van der Waals surface area contributed by atoms with Crippen molar-refractivity contribution < 1.29 is 0 Å². The van der Waals surface area contributed by atoms with E-state index in [4.69, 9.17) is 0 Å². The van der Waals surface area contributed by atoms with Crippen LogP contribution in [0.3, 0.4) is 0 Å². The zero-order valence-corrected chi connectivity index (χ0v) is 12.7. The van der Waals surface area contributed by atoms with Gasteiger partial charge in [-0.3, -0.25) is 4.99 Å². The highest BCUT2D eigenvalue weighted by Gasteiger charge is 2.07. The first-order chi connectivity index (χ1) is 11.3. The number of H-pyrrole nitrogens is 3. The first-order valence-electron chi connectivity index (χ1n) is 7.75. The van der Waals surface area contributed by atoms with Crippen molar-refractivity contribution in [3.63, 3.8) is 0 Å². The van der Waals surface area contributed by atoms with E-state index in [1.165, 1.54) is 17.1 Å². The summed E-state index contributed by atoms with van der Waals surface area (Å²) in [7, 11) is 0. The zero-order valence-electron chi connectivity index (χ0n) is 12.7. The number of hydrogen-bond acceptors (Lipinski definition) is 1. The monoisotopic (exact) mass is 302 g/mol. The largest absolute Gasteiger partial charge is 0.365 e. The predicted octanol–water partition coefficient (Wildman–Crippen LogP) is 3.86. The van der Waals surface area contributed by atoms with Crippen molar-refractivity contribution in [2.75, 3.05) is 0 Å². The van der Waals surface area contributed by atoms with Crippen molar-refractivity contribution in [1.82, 2.24) is 15.0 Å². The van der Waals surface area contributed by atoms with Crippen LogP contribution in [0.5, 0.6) is 0 Å². The van der Waals surface area contributed by atoms with Gasteiger partial charge in [-0.25, -0.2) is 0 Å². The van der Waals surface area contributed by atoms with Crippen molar-refractivity contribution in [2.24, 2.45) is 4.99 Å². The SMILES string of the molecule is C1=C/C(=C/c2ccc(Cc3ccc[nH]3)[nH]2)N=C1Cc1ccc[nH]1. The lowest BCUT2D eigenvalue weighted by atomic mass is 10.2. The fourth-order valence-electron chi connectivity index (χ4n) is 2.76. The third-order valence-corrected chi connectivity index (χ3v) is 3.87. The van der Waals surface area contributed by atoms with Crippen LogP contribution in [0.25, 0.3) is 6.08 Å². The molecule has 0 spiro atoms. The summed E-state index contributed by atoms with van der Waals surface area (Å²) in [6, 6.07) is 12.4. The summed E-state index contributed by atoms with van der Waals surface area (Å²) in [6.45, 7) is 0. The average Bonchev–Trinajstić information content (AvgIpc) is 3.31. The van der Waals surface area contributed by atoms with Crippen molar-refractivity contribution in [3.05, 3.63) is 89.4 Å². The van der Waals surface area contributed by atoms with Gasteiger partial charge in [-0.1, -0.05) is 0 Å². The fourth-order valence-corrected chi connectivity index (χ4v) is 2.76. The van der Waals surface area contributed by atoms with Crippen molar-refractivity contribution in [3.8, 4) is 0 Å². The zero-order chi connectivity index (χ0) is 15.5. The van der Waals surface area contributed by atoms with Crippen LogP contribution in [0.1, 0.15) is 22.8 Å². The molecule has 0 bridgehead atoms. The molecule has 1 aliphatic heterocycles. The van der Waals surface area contributed by atoms with Crippen LogP contribution in [-0.4, -0.2) is 20.7 Å². The number of nitrogens with one attached hydrogen (secondary N) is 3. The van der Waals surface area contributed by atoms with Crippen LogP contribution in [0.4, 0.5) is 0 Å². The summed E-state index contributed by atoms with van der Waals surface area (Å²) in [5, 5.41) is 0. The van der Waals surface area contributed by atoms with E-state index in [0.717, 1.165) is 29.9 Å². The molecule has 114 valence electrons. The molecule has 0 saturated carbocycles. The van der Waals surface area contributed by atoms with Crippen LogP contribution in [0.2, 0.25) is 0 Å². The number of aromatic nitrogens is 3. The molecule has 0 radical (unpaired) electrons. The maximum Gasteiger partial charge on any atom is 0.0654 e. The third kappa shape index (κ3) is 3.26. The Morgan fingerprint density at radius 1 is 0.826 bits per heavy atom. The highest BCUT2D eigenvalue weighted by Crippen LogP contribution is 2.16. The lowest BCUT2D eigenvalue weighted by Gasteiger charge is -1.96. The van der Waals surface area contributed by atoms with Crippen LogP contribution < -0.4 is 0 Å². The first-order valence-corrected chi connectivity index (χ1v) is 7.75. The number of aromatic amines is 3. The van der Waals surface area contributed by atoms with E-state index >= 15 is 0 Å². The average molecular weight is 302 g/mol. The highest BCUT2D eigenvalue weighted by molar-refractivity contribution is 6.00. The minimum absolute atomic E-state index is 0.837. The van der Waals surface area contributed by atoms with E-state index in [-0.39, 0.29) is 0 Å². The Morgan fingerprint density at radius 3 is 2.35 bits per heavy atom. The van der Waals surface area contributed by atoms with Crippen LogP contribution in [-0.2, 0) is 12.8 Å². The minimum atomic E-state index is 0.837. The molecule has 0 amide bonds. The Morgan fingerprint density at radius 2 is 1.61 bits per heavy atom. The number of nitrogens with zero attached hydrogens (tertiary/aromatic N) is 1. The quantitative estimate of drug-likeness (QED) is 0.641. The standard InChI is InChI=1S/C19H18N4/c1-3-14(20-9-1)11-16-5-7-18(22-16)13-19-8-6-17(23-19)12-15-4-2-10-21-15/h1-10,13,20-22H,11-12H2/b19-13-. The lowest BCUT2D eigenvalue weighted by Crippen LogP contribution is -1.96. The molecule has 0 unspecified atom stereocenters. The van der Waals surface area contributed by atoms with E-state index in [2.05, 4.69) is 62.4 Å². The molecule has 3 N–H and O–H groups in total. The molecule has 3 aromatic heterocycles. The summed E-state index contributed by atoms with van der Waals surface area (Å²) in [5.74, 6) is 0. The molecule has 0 aromatic carbocycles. The molecule has 0 aliphatic carbocycles. The van der Waals surface area contributed by atoms with Gasteiger partial charge in [0.25, 0.3) is 0 Å². The van der Waals surface area contributed by atoms with Gasteiger partial charge in [0.05, 0.1) is 5.70 Å². The second kappa shape index (κ2) is 6.01. The van der Waals surface area contributed by atoms with Crippen LogP contribution in [0, 0.1) is 0 Å². The summed E-state index contributed by atoms with van der Waals surface area (Å²) in [6.07, 6.45) is 11.8. The number of rotatable bonds is 5. The molecule has 4 heterocycles. The Kier molecular flexibility index (Phi) is 3.56. The molecule has 4 nitrogen and oxygen atoms in total. The molecule has 3 aromatic rings. The Bertz CT molecular complexity index is 859. The van der Waals surface area contributed by atoms with Crippen LogP contribution >= 0.6 is 0 Å².